The van der Waals surface area contributed by atoms with Crippen LogP contribution in [0.4, 0.5) is 8.78 Å². The summed E-state index contributed by atoms with van der Waals surface area (Å²) in [5, 5.41) is 13.4. The van der Waals surface area contributed by atoms with Crippen molar-refractivity contribution >= 4 is 0 Å². The van der Waals surface area contributed by atoms with E-state index in [9.17, 15) is 13.9 Å². The number of aliphatic hydroxyl groups is 1. The second kappa shape index (κ2) is 7.55. The van der Waals surface area contributed by atoms with Crippen LogP contribution < -0.4 is 10.1 Å². The van der Waals surface area contributed by atoms with E-state index in [1.807, 2.05) is 20.8 Å². The first-order valence-corrected chi connectivity index (χ1v) is 6.91. The van der Waals surface area contributed by atoms with Gasteiger partial charge in [0.05, 0.1) is 5.60 Å². The highest BCUT2D eigenvalue weighted by Gasteiger charge is 2.23. The minimum absolute atomic E-state index is 0.166. The third-order valence-corrected chi connectivity index (χ3v) is 3.66. The van der Waals surface area contributed by atoms with E-state index in [2.05, 4.69) is 10.1 Å². The van der Waals surface area contributed by atoms with Crippen molar-refractivity contribution in [2.75, 3.05) is 6.54 Å². The Hall–Kier alpha value is -1.20. The van der Waals surface area contributed by atoms with Gasteiger partial charge in [0.25, 0.3) is 0 Å². The van der Waals surface area contributed by atoms with E-state index in [4.69, 9.17) is 0 Å². The van der Waals surface area contributed by atoms with E-state index >= 15 is 0 Å². The second-order valence-corrected chi connectivity index (χ2v) is 4.95. The molecular formula is C15H23F2NO2. The van der Waals surface area contributed by atoms with Crippen LogP contribution in [0.15, 0.2) is 24.3 Å². The Labute approximate surface area is 119 Å². The molecule has 0 amide bonds. The molecule has 1 aromatic carbocycles. The minimum atomic E-state index is -2.84. The zero-order valence-corrected chi connectivity index (χ0v) is 12.2. The third kappa shape index (κ3) is 4.72. The molecule has 1 atom stereocenters. The first-order chi connectivity index (χ1) is 9.41. The number of hydrogen-bond donors (Lipinski definition) is 2. The highest BCUT2D eigenvalue weighted by atomic mass is 19.3. The van der Waals surface area contributed by atoms with Gasteiger partial charge in [-0.1, -0.05) is 32.0 Å². The van der Waals surface area contributed by atoms with Crippen LogP contribution in [-0.4, -0.2) is 23.9 Å². The lowest BCUT2D eigenvalue weighted by molar-refractivity contribution is -0.0507. The monoisotopic (exact) mass is 287 g/mol. The van der Waals surface area contributed by atoms with Gasteiger partial charge in [-0.05, 0) is 25.8 Å². The molecule has 2 N–H and O–H groups in total. The molecule has 0 bridgehead atoms. The van der Waals surface area contributed by atoms with E-state index in [0.717, 1.165) is 0 Å². The van der Waals surface area contributed by atoms with Gasteiger partial charge in [-0.2, -0.15) is 8.78 Å². The van der Waals surface area contributed by atoms with Gasteiger partial charge < -0.3 is 15.2 Å². The van der Waals surface area contributed by atoms with E-state index < -0.39 is 12.2 Å². The maximum atomic E-state index is 12.4. The molecule has 3 nitrogen and oxygen atoms in total. The molecule has 1 rings (SSSR count). The van der Waals surface area contributed by atoms with E-state index in [1.54, 1.807) is 18.2 Å². The largest absolute Gasteiger partial charge is 0.434 e. The average molecular weight is 287 g/mol. The van der Waals surface area contributed by atoms with Crippen LogP contribution in [0, 0.1) is 0 Å². The number of para-hydroxylation sites is 1. The zero-order valence-electron chi connectivity index (χ0n) is 12.2. The summed E-state index contributed by atoms with van der Waals surface area (Å²) >= 11 is 0. The first kappa shape index (κ1) is 16.9. The Balaban J connectivity index is 2.74. The topological polar surface area (TPSA) is 41.5 Å². The summed E-state index contributed by atoms with van der Waals surface area (Å²) in [5.41, 5.74) is -0.116. The van der Waals surface area contributed by atoms with Gasteiger partial charge in [0.2, 0.25) is 0 Å². The summed E-state index contributed by atoms with van der Waals surface area (Å²) < 4.78 is 29.2. The predicted molar refractivity (Wildman–Crippen MR) is 75.0 cm³/mol. The van der Waals surface area contributed by atoms with Crippen molar-refractivity contribution in [2.24, 2.45) is 0 Å². The highest BCUT2D eigenvalue weighted by molar-refractivity contribution is 5.35. The lowest BCUT2D eigenvalue weighted by atomic mass is 9.96. The predicted octanol–water partition coefficient (Wildman–Crippen LogP) is 3.49. The number of hydrogen-bond acceptors (Lipinski definition) is 3. The van der Waals surface area contributed by atoms with Gasteiger partial charge in [-0.15, -0.1) is 0 Å². The van der Waals surface area contributed by atoms with Crippen LogP contribution in [0.5, 0.6) is 5.75 Å². The van der Waals surface area contributed by atoms with Crippen molar-refractivity contribution in [1.82, 2.24) is 5.32 Å². The molecule has 0 aliphatic carbocycles. The number of halogens is 2. The molecule has 1 aromatic rings. The molecule has 0 fully saturated rings. The highest BCUT2D eigenvalue weighted by Crippen LogP contribution is 2.27. The van der Waals surface area contributed by atoms with Crippen LogP contribution in [0.1, 0.15) is 45.2 Å². The molecule has 114 valence electrons. The summed E-state index contributed by atoms with van der Waals surface area (Å²) in [6.45, 7) is 3.27. The third-order valence-electron chi connectivity index (χ3n) is 3.66. The van der Waals surface area contributed by atoms with Crippen molar-refractivity contribution in [2.45, 2.75) is 51.9 Å². The van der Waals surface area contributed by atoms with Crippen LogP contribution in [0.25, 0.3) is 0 Å². The maximum absolute atomic E-state index is 12.4. The Bertz CT molecular complexity index is 409. The summed E-state index contributed by atoms with van der Waals surface area (Å²) in [4.78, 5) is 0. The fourth-order valence-electron chi connectivity index (χ4n) is 1.99. The fourth-order valence-corrected chi connectivity index (χ4v) is 1.99. The SMILES string of the molecule is CCC(O)(CC)CNC(C)c1ccccc1OC(F)F. The van der Waals surface area contributed by atoms with Gasteiger partial charge in [0.15, 0.2) is 0 Å². The molecule has 20 heavy (non-hydrogen) atoms. The standard InChI is InChI=1S/C15H23F2NO2/c1-4-15(19,5-2)10-18-11(3)12-8-6-7-9-13(12)20-14(16)17/h6-9,11,14,18-19H,4-5,10H2,1-3H3. The Morgan fingerprint density at radius 3 is 2.40 bits per heavy atom. The molecular weight excluding hydrogens is 264 g/mol. The van der Waals surface area contributed by atoms with Gasteiger partial charge in [-0.3, -0.25) is 0 Å². The summed E-state index contributed by atoms with van der Waals surface area (Å²) in [5.74, 6) is 0.166. The van der Waals surface area contributed by atoms with Crippen molar-refractivity contribution in [3.05, 3.63) is 29.8 Å². The minimum Gasteiger partial charge on any atom is -0.434 e. The molecule has 5 heteroatoms. The van der Waals surface area contributed by atoms with Gasteiger partial charge >= 0.3 is 6.61 Å². The summed E-state index contributed by atoms with van der Waals surface area (Å²) in [7, 11) is 0. The Kier molecular flexibility index (Phi) is 6.36. The maximum Gasteiger partial charge on any atom is 0.387 e. The molecule has 0 aromatic heterocycles. The smallest absolute Gasteiger partial charge is 0.387 e. The first-order valence-electron chi connectivity index (χ1n) is 6.91. The van der Waals surface area contributed by atoms with Gasteiger partial charge in [-0.25, -0.2) is 0 Å². The molecule has 0 saturated carbocycles. The van der Waals surface area contributed by atoms with E-state index in [-0.39, 0.29) is 11.8 Å². The van der Waals surface area contributed by atoms with Crippen molar-refractivity contribution in [1.29, 1.82) is 0 Å². The van der Waals surface area contributed by atoms with E-state index in [0.29, 0.717) is 24.9 Å². The van der Waals surface area contributed by atoms with Crippen LogP contribution >= 0.6 is 0 Å². The zero-order chi connectivity index (χ0) is 15.2. The normalized spacial score (nSPS) is 13.6. The quantitative estimate of drug-likeness (QED) is 0.769. The number of nitrogens with one attached hydrogen (secondary N) is 1. The molecule has 0 aliphatic heterocycles. The Morgan fingerprint density at radius 2 is 1.85 bits per heavy atom. The fraction of sp³-hybridized carbons (Fsp3) is 0.600. The second-order valence-electron chi connectivity index (χ2n) is 4.95. The van der Waals surface area contributed by atoms with Gasteiger partial charge in [0.1, 0.15) is 5.75 Å². The molecule has 1 unspecified atom stereocenters. The van der Waals surface area contributed by atoms with Gasteiger partial charge in [0, 0.05) is 18.2 Å². The number of alkyl halides is 2. The van der Waals surface area contributed by atoms with Crippen LogP contribution in [-0.2, 0) is 0 Å². The van der Waals surface area contributed by atoms with Crippen LogP contribution in [0.3, 0.4) is 0 Å². The van der Waals surface area contributed by atoms with Crippen molar-refractivity contribution in [3.8, 4) is 5.75 Å². The molecule has 0 radical (unpaired) electrons. The van der Waals surface area contributed by atoms with Crippen LogP contribution in [0.2, 0.25) is 0 Å². The lowest BCUT2D eigenvalue weighted by Crippen LogP contribution is -2.40. The molecule has 0 spiro atoms. The Morgan fingerprint density at radius 1 is 1.25 bits per heavy atom. The molecule has 0 heterocycles. The lowest BCUT2D eigenvalue weighted by Gasteiger charge is -2.28. The number of rotatable bonds is 8. The van der Waals surface area contributed by atoms with Crippen molar-refractivity contribution < 1.29 is 18.6 Å². The average Bonchev–Trinajstić information content (AvgIpc) is 2.44. The number of benzene rings is 1. The number of ether oxygens (including phenoxy) is 1. The van der Waals surface area contributed by atoms with E-state index in [1.165, 1.54) is 6.07 Å². The van der Waals surface area contributed by atoms with Crippen molar-refractivity contribution in [3.63, 3.8) is 0 Å². The summed E-state index contributed by atoms with van der Waals surface area (Å²) in [6.07, 6.45) is 1.27. The molecule has 0 saturated heterocycles. The summed E-state index contributed by atoms with van der Waals surface area (Å²) in [6, 6.07) is 6.51. The molecule has 0 aliphatic rings.